The van der Waals surface area contributed by atoms with E-state index in [9.17, 15) is 9.90 Å². The molecule has 0 saturated heterocycles. The highest BCUT2D eigenvalue weighted by atomic mass is 32.2. The van der Waals surface area contributed by atoms with Gasteiger partial charge in [0, 0.05) is 16.2 Å². The quantitative estimate of drug-likeness (QED) is 0.779. The second-order valence-corrected chi connectivity index (χ2v) is 7.89. The Bertz CT molecular complexity index is 449. The Morgan fingerprint density at radius 1 is 1.57 bits per heavy atom. The Kier molecular flexibility index (Phi) is 5.96. The van der Waals surface area contributed by atoms with Crippen LogP contribution in [0.3, 0.4) is 0 Å². The minimum atomic E-state index is -1.01. The van der Waals surface area contributed by atoms with Crippen LogP contribution in [-0.2, 0) is 5.60 Å². The maximum Gasteiger partial charge on any atom is 0.315 e. The van der Waals surface area contributed by atoms with Gasteiger partial charge in [-0.3, -0.25) is 0 Å². The van der Waals surface area contributed by atoms with Gasteiger partial charge in [-0.15, -0.1) is 11.3 Å². The van der Waals surface area contributed by atoms with Crippen molar-refractivity contribution in [3.63, 3.8) is 0 Å². The van der Waals surface area contributed by atoms with Gasteiger partial charge in [-0.2, -0.15) is 11.8 Å². The summed E-state index contributed by atoms with van der Waals surface area (Å²) in [5, 5.41) is 18.8. The summed E-state index contributed by atoms with van der Waals surface area (Å²) in [4.78, 5) is 12.8. The largest absolute Gasteiger partial charge is 0.383 e. The Morgan fingerprint density at radius 2 is 2.38 bits per heavy atom. The fourth-order valence-electron chi connectivity index (χ4n) is 2.65. The van der Waals surface area contributed by atoms with E-state index in [0.717, 1.165) is 17.7 Å². The maximum atomic E-state index is 12.0. The fourth-order valence-corrected chi connectivity index (χ4v) is 4.27. The molecule has 1 aliphatic carbocycles. The van der Waals surface area contributed by atoms with Gasteiger partial charge >= 0.3 is 6.03 Å². The fraction of sp³-hybridized carbons (Fsp3) is 0.667. The highest BCUT2D eigenvalue weighted by Gasteiger charge is 2.26. The molecule has 0 radical (unpaired) electrons. The first kappa shape index (κ1) is 16.6. The Balaban J connectivity index is 1.77. The van der Waals surface area contributed by atoms with Crippen molar-refractivity contribution in [3.05, 3.63) is 22.4 Å². The Hall–Kier alpha value is -0.720. The van der Waals surface area contributed by atoms with E-state index in [1.807, 2.05) is 29.3 Å². The molecule has 3 N–H and O–H groups in total. The highest BCUT2D eigenvalue weighted by molar-refractivity contribution is 7.99. The third kappa shape index (κ3) is 4.90. The number of amides is 2. The molecule has 2 amide bonds. The molecule has 1 aliphatic rings. The van der Waals surface area contributed by atoms with Crippen molar-refractivity contribution in [2.45, 2.75) is 49.5 Å². The van der Waals surface area contributed by atoms with Crippen LogP contribution < -0.4 is 10.6 Å². The number of thioether (sulfide) groups is 1. The zero-order valence-electron chi connectivity index (χ0n) is 12.6. The van der Waals surface area contributed by atoms with E-state index in [-0.39, 0.29) is 18.6 Å². The summed E-state index contributed by atoms with van der Waals surface area (Å²) in [5.74, 6) is 0. The van der Waals surface area contributed by atoms with E-state index < -0.39 is 5.60 Å². The van der Waals surface area contributed by atoms with Gasteiger partial charge in [-0.05, 0) is 43.9 Å². The average molecular weight is 329 g/mol. The maximum absolute atomic E-state index is 12.0. The molecule has 0 bridgehead atoms. The van der Waals surface area contributed by atoms with Crippen LogP contribution in [0.5, 0.6) is 0 Å². The minimum Gasteiger partial charge on any atom is -0.383 e. The van der Waals surface area contributed by atoms with E-state index in [1.54, 1.807) is 6.92 Å². The molecular formula is C15H24N2O2S2. The van der Waals surface area contributed by atoms with Gasteiger partial charge in [-0.1, -0.05) is 12.5 Å². The van der Waals surface area contributed by atoms with Crippen molar-refractivity contribution >= 4 is 29.1 Å². The molecule has 1 aromatic heterocycles. The SMILES string of the molecule is CSC1CCCC(NC(=O)NCC(C)(O)c2cccs2)C1. The number of aliphatic hydroxyl groups is 1. The monoisotopic (exact) mass is 328 g/mol. The van der Waals surface area contributed by atoms with Gasteiger partial charge in [0.1, 0.15) is 5.60 Å². The first-order chi connectivity index (χ1) is 10.0. The molecule has 1 heterocycles. The number of nitrogens with one attached hydrogen (secondary N) is 2. The van der Waals surface area contributed by atoms with Crippen molar-refractivity contribution in [3.8, 4) is 0 Å². The molecule has 0 spiro atoms. The molecule has 2 rings (SSSR count). The van der Waals surface area contributed by atoms with Crippen molar-refractivity contribution < 1.29 is 9.90 Å². The van der Waals surface area contributed by atoms with E-state index in [2.05, 4.69) is 16.9 Å². The number of carbonyl (C=O) groups excluding carboxylic acids is 1. The van der Waals surface area contributed by atoms with Gasteiger partial charge in [0.25, 0.3) is 0 Å². The molecule has 0 aromatic carbocycles. The molecule has 3 atom stereocenters. The smallest absolute Gasteiger partial charge is 0.315 e. The predicted molar refractivity (Wildman–Crippen MR) is 90.0 cm³/mol. The summed E-state index contributed by atoms with van der Waals surface area (Å²) in [6, 6.07) is 3.86. The summed E-state index contributed by atoms with van der Waals surface area (Å²) in [7, 11) is 0. The summed E-state index contributed by atoms with van der Waals surface area (Å²) >= 11 is 3.38. The minimum absolute atomic E-state index is 0.182. The number of urea groups is 1. The summed E-state index contributed by atoms with van der Waals surface area (Å²) < 4.78 is 0. The van der Waals surface area contributed by atoms with Crippen LogP contribution in [0.2, 0.25) is 0 Å². The number of thiophene rings is 1. The van der Waals surface area contributed by atoms with Gasteiger partial charge in [-0.25, -0.2) is 4.79 Å². The molecule has 1 fully saturated rings. The molecule has 0 aliphatic heterocycles. The summed E-state index contributed by atoms with van der Waals surface area (Å²) in [6.07, 6.45) is 6.63. The Morgan fingerprint density at radius 3 is 3.05 bits per heavy atom. The van der Waals surface area contributed by atoms with Crippen LogP contribution in [0.1, 0.15) is 37.5 Å². The molecule has 21 heavy (non-hydrogen) atoms. The van der Waals surface area contributed by atoms with E-state index in [0.29, 0.717) is 5.25 Å². The lowest BCUT2D eigenvalue weighted by molar-refractivity contribution is 0.0629. The molecule has 6 heteroatoms. The van der Waals surface area contributed by atoms with E-state index in [4.69, 9.17) is 0 Å². The third-order valence-corrected chi connectivity index (χ3v) is 6.16. The van der Waals surface area contributed by atoms with E-state index in [1.165, 1.54) is 24.2 Å². The average Bonchev–Trinajstić information content (AvgIpc) is 3.00. The normalized spacial score (nSPS) is 25.1. The van der Waals surface area contributed by atoms with Crippen LogP contribution in [0.4, 0.5) is 4.79 Å². The van der Waals surface area contributed by atoms with Crippen molar-refractivity contribution in [1.82, 2.24) is 10.6 Å². The van der Waals surface area contributed by atoms with Gasteiger partial charge in [0.15, 0.2) is 0 Å². The lowest BCUT2D eigenvalue weighted by Gasteiger charge is -2.29. The topological polar surface area (TPSA) is 61.4 Å². The Labute approximate surface area is 134 Å². The molecule has 118 valence electrons. The highest BCUT2D eigenvalue weighted by Crippen LogP contribution is 2.27. The lowest BCUT2D eigenvalue weighted by atomic mass is 9.95. The molecule has 4 nitrogen and oxygen atoms in total. The molecule has 1 saturated carbocycles. The predicted octanol–water partition coefficient (Wildman–Crippen LogP) is 2.93. The second kappa shape index (κ2) is 7.51. The van der Waals surface area contributed by atoms with E-state index >= 15 is 0 Å². The summed E-state index contributed by atoms with van der Waals surface area (Å²) in [5.41, 5.74) is -1.01. The zero-order chi connectivity index (χ0) is 15.3. The first-order valence-corrected chi connectivity index (χ1v) is 9.51. The second-order valence-electron chi connectivity index (χ2n) is 5.80. The third-order valence-electron chi connectivity index (χ3n) is 3.94. The lowest BCUT2D eigenvalue weighted by Crippen LogP contribution is -2.48. The molecule has 3 unspecified atom stereocenters. The first-order valence-electron chi connectivity index (χ1n) is 7.35. The number of hydrogen-bond donors (Lipinski definition) is 3. The zero-order valence-corrected chi connectivity index (χ0v) is 14.2. The van der Waals surface area contributed by atoms with Crippen LogP contribution in [0, 0.1) is 0 Å². The van der Waals surface area contributed by atoms with Crippen LogP contribution in [0.25, 0.3) is 0 Å². The number of rotatable bonds is 5. The molecule has 1 aromatic rings. The summed E-state index contributed by atoms with van der Waals surface area (Å²) in [6.45, 7) is 1.95. The van der Waals surface area contributed by atoms with Crippen LogP contribution in [-0.4, -0.2) is 35.2 Å². The van der Waals surface area contributed by atoms with Crippen molar-refractivity contribution in [2.75, 3.05) is 12.8 Å². The van der Waals surface area contributed by atoms with Gasteiger partial charge < -0.3 is 15.7 Å². The van der Waals surface area contributed by atoms with Crippen molar-refractivity contribution in [1.29, 1.82) is 0 Å². The van der Waals surface area contributed by atoms with Crippen molar-refractivity contribution in [2.24, 2.45) is 0 Å². The number of carbonyl (C=O) groups is 1. The standard InChI is InChI=1S/C15H24N2O2S2/c1-15(19,13-7-4-8-21-13)10-16-14(18)17-11-5-3-6-12(9-11)20-2/h4,7-8,11-12,19H,3,5-6,9-10H2,1-2H3,(H2,16,17,18). The van der Waals surface area contributed by atoms with Gasteiger partial charge in [0.2, 0.25) is 0 Å². The van der Waals surface area contributed by atoms with Gasteiger partial charge in [0.05, 0.1) is 6.54 Å². The van der Waals surface area contributed by atoms with Crippen LogP contribution in [0.15, 0.2) is 17.5 Å². The molecular weight excluding hydrogens is 304 g/mol. The van der Waals surface area contributed by atoms with Crippen LogP contribution >= 0.6 is 23.1 Å². The number of hydrogen-bond acceptors (Lipinski definition) is 4.